The maximum Gasteiger partial charge on any atom is 0.248 e. The molecule has 0 aliphatic carbocycles. The number of carbonyl (C=O) groups is 1. The van der Waals surface area contributed by atoms with Gasteiger partial charge in [0.2, 0.25) is 5.91 Å². The van der Waals surface area contributed by atoms with E-state index in [1.54, 1.807) is 31.9 Å². The van der Waals surface area contributed by atoms with Crippen molar-refractivity contribution in [2.24, 2.45) is 0 Å². The van der Waals surface area contributed by atoms with E-state index in [-0.39, 0.29) is 18.4 Å². The average Bonchev–Trinajstić information content (AvgIpc) is 2.80. The first-order chi connectivity index (χ1) is 14.3. The molecule has 7 heteroatoms. The lowest BCUT2D eigenvalue weighted by Gasteiger charge is -2.33. The topological polar surface area (TPSA) is 81.1 Å². The molecule has 7 nitrogen and oxygen atoms in total. The number of ether oxygens (including phenoxy) is 1. The molecule has 0 bridgehead atoms. The summed E-state index contributed by atoms with van der Waals surface area (Å²) in [6.45, 7) is 1.49. The van der Waals surface area contributed by atoms with Gasteiger partial charge in [-0.15, -0.1) is 0 Å². The van der Waals surface area contributed by atoms with E-state index in [2.05, 4.69) is 15.0 Å². The van der Waals surface area contributed by atoms with Crippen LogP contribution in [0.5, 0.6) is 0 Å². The van der Waals surface area contributed by atoms with Gasteiger partial charge in [0.05, 0.1) is 5.69 Å². The maximum absolute atomic E-state index is 12.4. The fraction of sp³-hybridized carbons (Fsp3) is 0.318. The van der Waals surface area contributed by atoms with Gasteiger partial charge < -0.3 is 9.64 Å². The minimum atomic E-state index is 0.0195. The molecule has 0 radical (unpaired) electrons. The molecule has 1 amide bonds. The van der Waals surface area contributed by atoms with E-state index in [9.17, 15) is 4.79 Å². The van der Waals surface area contributed by atoms with E-state index in [0.29, 0.717) is 12.4 Å². The minimum Gasteiger partial charge on any atom is -0.375 e. The van der Waals surface area contributed by atoms with Crippen LogP contribution in [-0.2, 0) is 9.53 Å². The Morgan fingerprint density at radius 1 is 1.10 bits per heavy atom. The number of carbonyl (C=O) groups excluding carboxylic acids is 1. The Hall–Kier alpha value is -3.19. The van der Waals surface area contributed by atoms with Crippen molar-refractivity contribution in [3.05, 3.63) is 60.9 Å². The summed E-state index contributed by atoms with van der Waals surface area (Å²) in [4.78, 5) is 32.0. The molecule has 0 spiro atoms. The number of piperidine rings is 1. The zero-order valence-electron chi connectivity index (χ0n) is 16.4. The molecule has 3 aromatic rings. The van der Waals surface area contributed by atoms with Crippen LogP contribution in [0.1, 0.15) is 24.5 Å². The van der Waals surface area contributed by atoms with Crippen molar-refractivity contribution in [2.75, 3.05) is 26.8 Å². The third-order valence-electron chi connectivity index (χ3n) is 5.18. The number of rotatable bonds is 5. The fourth-order valence-corrected chi connectivity index (χ4v) is 3.74. The lowest BCUT2D eigenvalue weighted by atomic mass is 9.90. The minimum absolute atomic E-state index is 0.0195. The second kappa shape index (κ2) is 8.87. The summed E-state index contributed by atoms with van der Waals surface area (Å²) >= 11 is 0. The molecule has 4 heterocycles. The molecule has 1 aliphatic heterocycles. The van der Waals surface area contributed by atoms with Crippen molar-refractivity contribution in [2.45, 2.75) is 18.8 Å². The lowest BCUT2D eigenvalue weighted by Crippen LogP contribution is -2.41. The van der Waals surface area contributed by atoms with E-state index < -0.39 is 0 Å². The molecular formula is C22H23N5O2. The predicted molar refractivity (Wildman–Crippen MR) is 109 cm³/mol. The number of hydrogen-bond acceptors (Lipinski definition) is 6. The van der Waals surface area contributed by atoms with E-state index >= 15 is 0 Å². The molecule has 1 unspecified atom stereocenters. The third-order valence-corrected chi connectivity index (χ3v) is 5.18. The number of hydrogen-bond donors (Lipinski definition) is 0. The Balaban J connectivity index is 1.73. The molecule has 4 rings (SSSR count). The number of likely N-dealkylation sites (tertiary alicyclic amines) is 1. The molecule has 1 aliphatic rings. The van der Waals surface area contributed by atoms with Crippen LogP contribution in [0, 0.1) is 0 Å². The van der Waals surface area contributed by atoms with Gasteiger partial charge in [-0.2, -0.15) is 0 Å². The van der Waals surface area contributed by atoms with Gasteiger partial charge in [0, 0.05) is 68.2 Å². The summed E-state index contributed by atoms with van der Waals surface area (Å²) in [6, 6.07) is 7.73. The fourth-order valence-electron chi connectivity index (χ4n) is 3.74. The van der Waals surface area contributed by atoms with E-state index in [1.807, 2.05) is 35.4 Å². The van der Waals surface area contributed by atoms with Gasteiger partial charge >= 0.3 is 0 Å². The number of aromatic nitrogens is 4. The highest BCUT2D eigenvalue weighted by Crippen LogP contribution is 2.34. The molecule has 148 valence electrons. The Bertz CT molecular complexity index is 965. The monoisotopic (exact) mass is 389 g/mol. The molecular weight excluding hydrogens is 366 g/mol. The van der Waals surface area contributed by atoms with Gasteiger partial charge in [-0.05, 0) is 42.7 Å². The zero-order valence-corrected chi connectivity index (χ0v) is 16.4. The van der Waals surface area contributed by atoms with Crippen LogP contribution in [0.2, 0.25) is 0 Å². The summed E-state index contributed by atoms with van der Waals surface area (Å²) < 4.78 is 5.04. The SMILES string of the molecule is COCC(=O)N1CCCC(c2nc(-c3ccncc3)ncc2-c2ccncc2)C1. The highest BCUT2D eigenvalue weighted by atomic mass is 16.5. The second-order valence-corrected chi connectivity index (χ2v) is 7.08. The van der Waals surface area contributed by atoms with Crippen molar-refractivity contribution in [1.29, 1.82) is 0 Å². The van der Waals surface area contributed by atoms with Crippen LogP contribution in [0.4, 0.5) is 0 Å². The van der Waals surface area contributed by atoms with Crippen molar-refractivity contribution in [1.82, 2.24) is 24.8 Å². The molecule has 3 aromatic heterocycles. The van der Waals surface area contributed by atoms with Gasteiger partial charge in [-0.25, -0.2) is 9.97 Å². The van der Waals surface area contributed by atoms with Gasteiger partial charge in [0.1, 0.15) is 6.61 Å². The van der Waals surface area contributed by atoms with Gasteiger partial charge in [0.25, 0.3) is 0 Å². The normalized spacial score (nSPS) is 16.6. The number of methoxy groups -OCH3 is 1. The lowest BCUT2D eigenvalue weighted by molar-refractivity contribution is -0.136. The summed E-state index contributed by atoms with van der Waals surface area (Å²) in [7, 11) is 1.55. The zero-order chi connectivity index (χ0) is 20.1. The Kier molecular flexibility index (Phi) is 5.86. The Morgan fingerprint density at radius 3 is 2.48 bits per heavy atom. The predicted octanol–water partition coefficient (Wildman–Crippen LogP) is 2.95. The molecule has 0 saturated carbocycles. The van der Waals surface area contributed by atoms with Gasteiger partial charge in [0.15, 0.2) is 5.82 Å². The standard InChI is InChI=1S/C22H23N5O2/c1-29-15-20(28)27-12-2-3-18(14-27)21-19(16-4-8-23-9-5-16)13-25-22(26-21)17-6-10-24-11-7-17/h4-11,13,18H,2-3,12,14-15H2,1H3. The Labute approximate surface area is 169 Å². The van der Waals surface area contributed by atoms with Crippen LogP contribution in [0.15, 0.2) is 55.2 Å². The second-order valence-electron chi connectivity index (χ2n) is 7.08. The maximum atomic E-state index is 12.4. The summed E-state index contributed by atoms with van der Waals surface area (Å²) in [5.41, 5.74) is 3.89. The highest BCUT2D eigenvalue weighted by molar-refractivity contribution is 5.77. The van der Waals surface area contributed by atoms with E-state index in [4.69, 9.17) is 9.72 Å². The van der Waals surface area contributed by atoms with E-state index in [0.717, 1.165) is 41.8 Å². The van der Waals surface area contributed by atoms with Crippen molar-refractivity contribution in [3.63, 3.8) is 0 Å². The third kappa shape index (κ3) is 4.30. The smallest absolute Gasteiger partial charge is 0.248 e. The summed E-state index contributed by atoms with van der Waals surface area (Å²) in [5.74, 6) is 0.822. The average molecular weight is 389 g/mol. The first-order valence-electron chi connectivity index (χ1n) is 9.70. The van der Waals surface area contributed by atoms with E-state index in [1.165, 1.54) is 0 Å². The molecule has 1 saturated heterocycles. The van der Waals surface area contributed by atoms with Gasteiger partial charge in [-0.3, -0.25) is 14.8 Å². The molecule has 1 fully saturated rings. The van der Waals surface area contributed by atoms with Crippen LogP contribution in [0.25, 0.3) is 22.5 Å². The van der Waals surface area contributed by atoms with Crippen LogP contribution >= 0.6 is 0 Å². The van der Waals surface area contributed by atoms with Crippen LogP contribution in [-0.4, -0.2) is 57.5 Å². The van der Waals surface area contributed by atoms with Crippen molar-refractivity contribution >= 4 is 5.91 Å². The molecule has 0 aromatic carbocycles. The first kappa shape index (κ1) is 19.1. The van der Waals surface area contributed by atoms with Crippen molar-refractivity contribution < 1.29 is 9.53 Å². The summed E-state index contributed by atoms with van der Waals surface area (Å²) in [6.07, 6.45) is 10.8. The number of amides is 1. The quantitative estimate of drug-likeness (QED) is 0.667. The number of nitrogens with zero attached hydrogens (tertiary/aromatic N) is 5. The van der Waals surface area contributed by atoms with Crippen LogP contribution < -0.4 is 0 Å². The molecule has 1 atom stereocenters. The van der Waals surface area contributed by atoms with Crippen molar-refractivity contribution in [3.8, 4) is 22.5 Å². The largest absolute Gasteiger partial charge is 0.375 e. The first-order valence-corrected chi connectivity index (χ1v) is 9.70. The number of pyridine rings is 2. The van der Waals surface area contributed by atoms with Crippen LogP contribution in [0.3, 0.4) is 0 Å². The van der Waals surface area contributed by atoms with Gasteiger partial charge in [-0.1, -0.05) is 0 Å². The summed E-state index contributed by atoms with van der Waals surface area (Å²) in [5, 5.41) is 0. The molecule has 0 N–H and O–H groups in total. The highest BCUT2D eigenvalue weighted by Gasteiger charge is 2.28. The Morgan fingerprint density at radius 2 is 1.79 bits per heavy atom. The molecule has 29 heavy (non-hydrogen) atoms.